The summed E-state index contributed by atoms with van der Waals surface area (Å²) in [5.41, 5.74) is 1.77. The summed E-state index contributed by atoms with van der Waals surface area (Å²) >= 11 is 0. The molecule has 4 aromatic rings. The first-order valence-electron chi connectivity index (χ1n) is 12.8. The van der Waals surface area contributed by atoms with E-state index in [9.17, 15) is 18.3 Å². The van der Waals surface area contributed by atoms with Crippen molar-refractivity contribution >= 4 is 21.1 Å². The van der Waals surface area contributed by atoms with E-state index in [0.29, 0.717) is 34.6 Å². The van der Waals surface area contributed by atoms with Crippen LogP contribution in [0.3, 0.4) is 0 Å². The van der Waals surface area contributed by atoms with Crippen molar-refractivity contribution in [3.05, 3.63) is 70.1 Å². The molecule has 1 atom stereocenters. The van der Waals surface area contributed by atoms with Crippen molar-refractivity contribution in [2.24, 2.45) is 7.05 Å². The molecule has 0 aliphatic heterocycles. The molecule has 0 amide bonds. The number of benzene rings is 2. The van der Waals surface area contributed by atoms with Crippen LogP contribution in [-0.4, -0.2) is 56.8 Å². The number of H-pyrrole nitrogens is 1. The van der Waals surface area contributed by atoms with E-state index in [2.05, 4.69) is 10.1 Å². The standard InChI is InChI=1S/C28H35N5O5S/c1-7-38-22-14-13-20(39(36,37)33(16-18(2)34)17-19-11-9-8-10-12-19)15-21(22)26-29-23-24(27(35)30-26)32(6)31-25(23)28(3,4)5/h8-15,18,34H,7,16-17H2,1-6H3,(H,29,30,35). The molecule has 39 heavy (non-hydrogen) atoms. The van der Waals surface area contributed by atoms with Crippen molar-refractivity contribution in [3.8, 4) is 17.1 Å². The summed E-state index contributed by atoms with van der Waals surface area (Å²) in [6, 6.07) is 13.7. The third-order valence-corrected chi connectivity index (χ3v) is 8.02. The number of ether oxygens (including phenoxy) is 1. The molecule has 0 bridgehead atoms. The Hall–Kier alpha value is -3.54. The van der Waals surface area contributed by atoms with Crippen LogP contribution in [-0.2, 0) is 29.0 Å². The van der Waals surface area contributed by atoms with Gasteiger partial charge in [-0.3, -0.25) is 9.48 Å². The second-order valence-corrected chi connectivity index (χ2v) is 12.5. The van der Waals surface area contributed by atoms with Crippen LogP contribution in [0.2, 0.25) is 0 Å². The third-order valence-electron chi connectivity index (χ3n) is 6.22. The van der Waals surface area contributed by atoms with E-state index in [1.54, 1.807) is 20.0 Å². The Morgan fingerprint density at radius 1 is 1.15 bits per heavy atom. The number of nitrogens with one attached hydrogen (secondary N) is 1. The van der Waals surface area contributed by atoms with Crippen LogP contribution < -0.4 is 10.3 Å². The number of hydrogen-bond donors (Lipinski definition) is 2. The van der Waals surface area contributed by atoms with Gasteiger partial charge in [-0.1, -0.05) is 51.1 Å². The van der Waals surface area contributed by atoms with Crippen molar-refractivity contribution < 1.29 is 18.3 Å². The van der Waals surface area contributed by atoms with Crippen LogP contribution in [0.5, 0.6) is 5.75 Å². The molecule has 208 valence electrons. The number of sulfonamides is 1. The monoisotopic (exact) mass is 553 g/mol. The summed E-state index contributed by atoms with van der Waals surface area (Å²) in [4.78, 5) is 20.7. The molecular weight excluding hydrogens is 518 g/mol. The number of aromatic nitrogens is 4. The van der Waals surface area contributed by atoms with E-state index in [1.807, 2.05) is 58.0 Å². The van der Waals surface area contributed by atoms with Gasteiger partial charge in [0, 0.05) is 25.6 Å². The van der Waals surface area contributed by atoms with Gasteiger partial charge in [0.15, 0.2) is 5.52 Å². The minimum absolute atomic E-state index is 0.0116. The van der Waals surface area contributed by atoms with Crippen LogP contribution in [0.25, 0.3) is 22.4 Å². The minimum atomic E-state index is -4.05. The number of hydrogen-bond acceptors (Lipinski definition) is 7. The lowest BCUT2D eigenvalue weighted by Gasteiger charge is -2.24. The van der Waals surface area contributed by atoms with Crippen LogP contribution in [0.1, 0.15) is 45.9 Å². The Bertz CT molecular complexity index is 1640. The zero-order valence-corrected chi connectivity index (χ0v) is 23.9. The molecule has 2 N–H and O–H groups in total. The SMILES string of the molecule is CCOc1ccc(S(=O)(=O)N(Cc2ccccc2)CC(C)O)cc1-c1nc2c(C(C)(C)C)nn(C)c2c(=O)[nH]1. The number of nitrogens with zero attached hydrogens (tertiary/aromatic N) is 4. The Morgan fingerprint density at radius 3 is 2.46 bits per heavy atom. The Kier molecular flexibility index (Phi) is 7.97. The molecule has 10 nitrogen and oxygen atoms in total. The maximum absolute atomic E-state index is 13.9. The fourth-order valence-electron chi connectivity index (χ4n) is 4.43. The molecule has 0 radical (unpaired) electrons. The van der Waals surface area contributed by atoms with E-state index < -0.39 is 21.7 Å². The fourth-order valence-corrected chi connectivity index (χ4v) is 5.96. The zero-order valence-electron chi connectivity index (χ0n) is 23.1. The smallest absolute Gasteiger partial charge is 0.277 e. The Balaban J connectivity index is 1.89. The summed E-state index contributed by atoms with van der Waals surface area (Å²) in [6.07, 6.45) is -0.882. The lowest BCUT2D eigenvalue weighted by Crippen LogP contribution is -2.36. The van der Waals surface area contributed by atoms with Crippen molar-refractivity contribution in [2.45, 2.75) is 57.6 Å². The van der Waals surface area contributed by atoms with Gasteiger partial charge in [0.2, 0.25) is 10.0 Å². The molecule has 2 aromatic carbocycles. The first kappa shape index (κ1) is 28.5. The number of aliphatic hydroxyl groups is 1. The molecule has 0 aliphatic rings. The fraction of sp³-hybridized carbons (Fsp3) is 0.393. The number of rotatable bonds is 9. The Morgan fingerprint density at radius 2 is 1.85 bits per heavy atom. The summed E-state index contributed by atoms with van der Waals surface area (Å²) in [5.74, 6) is 0.557. The van der Waals surface area contributed by atoms with E-state index in [-0.39, 0.29) is 29.2 Å². The van der Waals surface area contributed by atoms with Gasteiger partial charge in [0.05, 0.1) is 28.9 Å². The highest BCUT2D eigenvalue weighted by molar-refractivity contribution is 7.89. The van der Waals surface area contributed by atoms with Crippen molar-refractivity contribution in [2.75, 3.05) is 13.2 Å². The number of fused-ring (bicyclic) bond motifs is 1. The largest absolute Gasteiger partial charge is 0.493 e. The molecule has 0 saturated carbocycles. The van der Waals surface area contributed by atoms with Crippen LogP contribution in [0.4, 0.5) is 0 Å². The summed E-state index contributed by atoms with van der Waals surface area (Å²) in [6.45, 7) is 9.64. The summed E-state index contributed by atoms with van der Waals surface area (Å²) < 4.78 is 36.3. The van der Waals surface area contributed by atoms with E-state index in [0.717, 1.165) is 5.56 Å². The van der Waals surface area contributed by atoms with E-state index in [1.165, 1.54) is 21.1 Å². The normalized spacial score (nSPS) is 13.2. The van der Waals surface area contributed by atoms with Gasteiger partial charge in [-0.15, -0.1) is 0 Å². The zero-order chi connectivity index (χ0) is 28.5. The topological polar surface area (TPSA) is 130 Å². The highest BCUT2D eigenvalue weighted by atomic mass is 32.2. The highest BCUT2D eigenvalue weighted by Crippen LogP contribution is 2.33. The average Bonchev–Trinajstić information content (AvgIpc) is 3.21. The lowest BCUT2D eigenvalue weighted by molar-refractivity contribution is 0.161. The second kappa shape index (κ2) is 10.9. The lowest BCUT2D eigenvalue weighted by atomic mass is 9.91. The maximum atomic E-state index is 13.9. The number of aromatic amines is 1. The van der Waals surface area contributed by atoms with Gasteiger partial charge in [-0.25, -0.2) is 13.4 Å². The van der Waals surface area contributed by atoms with E-state index in [4.69, 9.17) is 9.72 Å². The first-order chi connectivity index (χ1) is 18.3. The average molecular weight is 554 g/mol. The van der Waals surface area contributed by atoms with Crippen molar-refractivity contribution in [1.29, 1.82) is 0 Å². The molecule has 0 aliphatic carbocycles. The third kappa shape index (κ3) is 5.90. The molecule has 11 heteroatoms. The Labute approximate surface area is 228 Å². The molecular formula is C28H35N5O5S. The molecule has 0 spiro atoms. The predicted octanol–water partition coefficient (Wildman–Crippen LogP) is 3.59. The van der Waals surface area contributed by atoms with Crippen LogP contribution >= 0.6 is 0 Å². The van der Waals surface area contributed by atoms with Gasteiger partial charge in [-0.05, 0) is 37.6 Å². The van der Waals surface area contributed by atoms with Gasteiger partial charge in [0.25, 0.3) is 5.56 Å². The van der Waals surface area contributed by atoms with Gasteiger partial charge in [0.1, 0.15) is 17.1 Å². The molecule has 1 unspecified atom stereocenters. The minimum Gasteiger partial charge on any atom is -0.493 e. The number of aliphatic hydroxyl groups excluding tert-OH is 1. The maximum Gasteiger partial charge on any atom is 0.277 e. The van der Waals surface area contributed by atoms with E-state index >= 15 is 0 Å². The van der Waals surface area contributed by atoms with Gasteiger partial charge >= 0.3 is 0 Å². The quantitative estimate of drug-likeness (QED) is 0.324. The van der Waals surface area contributed by atoms with Gasteiger partial charge < -0.3 is 14.8 Å². The van der Waals surface area contributed by atoms with Gasteiger partial charge in [-0.2, -0.15) is 9.40 Å². The summed E-state index contributed by atoms with van der Waals surface area (Å²) in [5, 5.41) is 14.6. The summed E-state index contributed by atoms with van der Waals surface area (Å²) in [7, 11) is -2.36. The highest BCUT2D eigenvalue weighted by Gasteiger charge is 2.29. The molecule has 0 fully saturated rings. The predicted molar refractivity (Wildman–Crippen MR) is 150 cm³/mol. The first-order valence-corrected chi connectivity index (χ1v) is 14.2. The van der Waals surface area contributed by atoms with Crippen LogP contribution in [0.15, 0.2) is 58.2 Å². The molecule has 4 rings (SSSR count). The molecule has 0 saturated heterocycles. The molecule has 2 aromatic heterocycles. The van der Waals surface area contributed by atoms with Crippen molar-refractivity contribution in [1.82, 2.24) is 24.1 Å². The van der Waals surface area contributed by atoms with Crippen molar-refractivity contribution in [3.63, 3.8) is 0 Å². The molecule has 2 heterocycles. The number of aryl methyl sites for hydroxylation is 1. The van der Waals surface area contributed by atoms with Crippen LogP contribution in [0, 0.1) is 0 Å². The second-order valence-electron chi connectivity index (χ2n) is 10.6.